The van der Waals surface area contributed by atoms with Crippen LogP contribution in [0.3, 0.4) is 0 Å². The van der Waals surface area contributed by atoms with Gasteiger partial charge >= 0.3 is 0 Å². The van der Waals surface area contributed by atoms with Gasteiger partial charge in [-0.25, -0.2) is 4.98 Å². The summed E-state index contributed by atoms with van der Waals surface area (Å²) in [4.78, 5) is 7.41. The number of anilines is 1. The molecule has 0 saturated carbocycles. The molecule has 0 bridgehead atoms. The predicted octanol–water partition coefficient (Wildman–Crippen LogP) is 2.49. The molecule has 0 radical (unpaired) electrons. The minimum atomic E-state index is -0.695. The van der Waals surface area contributed by atoms with Gasteiger partial charge in [0.05, 0.1) is 11.8 Å². The Hall–Kier alpha value is -2.81. The molecule has 0 amide bonds. The van der Waals surface area contributed by atoms with E-state index in [9.17, 15) is 0 Å². The van der Waals surface area contributed by atoms with E-state index < -0.39 is 5.54 Å². The largest absolute Gasteiger partial charge is 0.387 e. The van der Waals surface area contributed by atoms with E-state index in [2.05, 4.69) is 26.7 Å². The first-order valence-electron chi connectivity index (χ1n) is 6.56. The molecule has 0 atom stereocenters. The number of aromatic amines is 1. The molecule has 0 unspecified atom stereocenters. The molecule has 4 N–H and O–H groups in total. The lowest BCUT2D eigenvalue weighted by molar-refractivity contribution is 0.568. The molecule has 2 rings (SSSR count). The average molecular weight is 282 g/mol. The SMILES string of the molecule is CNc1c(/C(C=N)=C/NC(C)(C)C#N)cnc2[nH]ccc12. The molecular formula is C15H18N6. The maximum Gasteiger partial charge on any atom is 0.139 e. The molecule has 21 heavy (non-hydrogen) atoms. The monoisotopic (exact) mass is 282 g/mol. The summed E-state index contributed by atoms with van der Waals surface area (Å²) < 4.78 is 0. The molecule has 0 aromatic carbocycles. The van der Waals surface area contributed by atoms with E-state index in [0.29, 0.717) is 5.57 Å². The van der Waals surface area contributed by atoms with Crippen LogP contribution < -0.4 is 10.6 Å². The number of H-pyrrole nitrogens is 1. The van der Waals surface area contributed by atoms with Gasteiger partial charge in [-0.05, 0) is 19.9 Å². The Morgan fingerprint density at radius 3 is 2.90 bits per heavy atom. The van der Waals surface area contributed by atoms with Crippen LogP contribution in [0.25, 0.3) is 16.6 Å². The molecule has 2 aromatic heterocycles. The summed E-state index contributed by atoms with van der Waals surface area (Å²) in [5, 5.41) is 23.8. The fourth-order valence-electron chi connectivity index (χ4n) is 1.98. The molecule has 0 spiro atoms. The Kier molecular flexibility index (Phi) is 3.94. The van der Waals surface area contributed by atoms with Crippen LogP contribution in [0.1, 0.15) is 19.4 Å². The Bertz CT molecular complexity index is 732. The summed E-state index contributed by atoms with van der Waals surface area (Å²) in [6.45, 7) is 3.55. The highest BCUT2D eigenvalue weighted by molar-refractivity contribution is 6.13. The van der Waals surface area contributed by atoms with Crippen LogP contribution in [0.5, 0.6) is 0 Å². The van der Waals surface area contributed by atoms with Crippen LogP contribution in [-0.2, 0) is 0 Å². The number of fused-ring (bicyclic) bond motifs is 1. The van der Waals surface area contributed by atoms with E-state index >= 15 is 0 Å². The first-order valence-corrected chi connectivity index (χ1v) is 6.56. The predicted molar refractivity (Wildman–Crippen MR) is 85.2 cm³/mol. The number of nitrogens with one attached hydrogen (secondary N) is 4. The van der Waals surface area contributed by atoms with Crippen molar-refractivity contribution in [2.24, 2.45) is 0 Å². The summed E-state index contributed by atoms with van der Waals surface area (Å²) in [6.07, 6.45) is 6.46. The molecule has 6 heteroatoms. The lowest BCUT2D eigenvalue weighted by atomic mass is 10.0. The highest BCUT2D eigenvalue weighted by Crippen LogP contribution is 2.29. The van der Waals surface area contributed by atoms with Gasteiger partial charge in [0.15, 0.2) is 0 Å². The van der Waals surface area contributed by atoms with Gasteiger partial charge in [0.2, 0.25) is 0 Å². The van der Waals surface area contributed by atoms with E-state index in [1.165, 1.54) is 6.21 Å². The van der Waals surface area contributed by atoms with Crippen molar-refractivity contribution in [1.82, 2.24) is 15.3 Å². The van der Waals surface area contributed by atoms with Crippen LogP contribution in [0.2, 0.25) is 0 Å². The first kappa shape index (κ1) is 14.6. The highest BCUT2D eigenvalue weighted by atomic mass is 14.9. The van der Waals surface area contributed by atoms with Crippen LogP contribution in [-0.4, -0.2) is 28.8 Å². The molecular weight excluding hydrogens is 264 g/mol. The van der Waals surface area contributed by atoms with Crippen molar-refractivity contribution in [3.63, 3.8) is 0 Å². The van der Waals surface area contributed by atoms with E-state index in [-0.39, 0.29) is 0 Å². The van der Waals surface area contributed by atoms with Gasteiger partial charge in [0.1, 0.15) is 11.2 Å². The zero-order valence-electron chi connectivity index (χ0n) is 12.3. The van der Waals surface area contributed by atoms with Gasteiger partial charge in [-0.15, -0.1) is 0 Å². The minimum absolute atomic E-state index is 0.651. The standard InChI is InChI=1S/C15H18N6/c1-15(2,9-17)21-7-10(6-16)12-8-20-14-11(4-5-19-14)13(12)18-3/h4-8,16,21H,1-3H3,(H2,18,19,20)/b10-7+,16-6?. The number of nitrogens with zero attached hydrogens (tertiary/aromatic N) is 2. The van der Waals surface area contributed by atoms with E-state index in [1.54, 1.807) is 26.2 Å². The Balaban J connectivity index is 2.50. The second kappa shape index (κ2) is 5.67. The van der Waals surface area contributed by atoms with E-state index in [4.69, 9.17) is 10.7 Å². The third-order valence-electron chi connectivity index (χ3n) is 3.17. The summed E-state index contributed by atoms with van der Waals surface area (Å²) in [7, 11) is 1.83. The lowest BCUT2D eigenvalue weighted by Crippen LogP contribution is -2.33. The second-order valence-electron chi connectivity index (χ2n) is 5.16. The first-order chi connectivity index (χ1) is 10.0. The van der Waals surface area contributed by atoms with Crippen LogP contribution >= 0.6 is 0 Å². The van der Waals surface area contributed by atoms with Crippen molar-refractivity contribution >= 4 is 28.5 Å². The number of hydrogen-bond acceptors (Lipinski definition) is 5. The highest BCUT2D eigenvalue weighted by Gasteiger charge is 2.15. The smallest absolute Gasteiger partial charge is 0.139 e. The molecule has 0 aliphatic carbocycles. The van der Waals surface area contributed by atoms with Crippen LogP contribution in [0.15, 0.2) is 24.7 Å². The zero-order valence-corrected chi connectivity index (χ0v) is 12.3. The average Bonchev–Trinajstić information content (AvgIpc) is 2.96. The van der Waals surface area contributed by atoms with Gasteiger partial charge in [-0.3, -0.25) is 0 Å². The molecule has 0 aliphatic heterocycles. The molecule has 0 saturated heterocycles. The third-order valence-corrected chi connectivity index (χ3v) is 3.17. The summed E-state index contributed by atoms with van der Waals surface area (Å²) in [6, 6.07) is 4.10. The third kappa shape index (κ3) is 2.87. The summed E-state index contributed by atoms with van der Waals surface area (Å²) in [5.41, 5.74) is 2.45. The van der Waals surface area contributed by atoms with Crippen LogP contribution in [0, 0.1) is 16.7 Å². The number of allylic oxidation sites excluding steroid dienone is 1. The Morgan fingerprint density at radius 2 is 2.29 bits per heavy atom. The summed E-state index contributed by atoms with van der Waals surface area (Å²) >= 11 is 0. The van der Waals surface area contributed by atoms with Crippen molar-refractivity contribution in [3.05, 3.63) is 30.2 Å². The minimum Gasteiger partial charge on any atom is -0.387 e. The molecule has 2 heterocycles. The topological polar surface area (TPSA) is 100 Å². The maximum atomic E-state index is 9.04. The van der Waals surface area contributed by atoms with Crippen molar-refractivity contribution in [2.75, 3.05) is 12.4 Å². The Labute approximate surface area is 123 Å². The molecule has 0 fully saturated rings. The van der Waals surface area contributed by atoms with Crippen LogP contribution in [0.4, 0.5) is 5.69 Å². The normalized spacial score (nSPS) is 12.0. The fourth-order valence-corrected chi connectivity index (χ4v) is 1.98. The number of hydrogen-bond donors (Lipinski definition) is 4. The van der Waals surface area contributed by atoms with Gasteiger partial charge in [-0.1, -0.05) is 0 Å². The summed E-state index contributed by atoms with van der Waals surface area (Å²) in [5.74, 6) is 0. The lowest BCUT2D eigenvalue weighted by Gasteiger charge is -2.17. The molecule has 0 aliphatic rings. The number of rotatable bonds is 5. The van der Waals surface area contributed by atoms with Crippen molar-refractivity contribution in [2.45, 2.75) is 19.4 Å². The zero-order chi connectivity index (χ0) is 15.5. The van der Waals surface area contributed by atoms with Gasteiger partial charge in [0, 0.05) is 48.4 Å². The number of pyridine rings is 1. The van der Waals surface area contributed by atoms with E-state index in [1.807, 2.05) is 19.3 Å². The van der Waals surface area contributed by atoms with Crippen molar-refractivity contribution in [1.29, 1.82) is 10.7 Å². The van der Waals surface area contributed by atoms with E-state index in [0.717, 1.165) is 22.3 Å². The second-order valence-corrected chi connectivity index (χ2v) is 5.16. The quantitative estimate of drug-likeness (QED) is 0.633. The maximum absolute atomic E-state index is 9.04. The Morgan fingerprint density at radius 1 is 1.52 bits per heavy atom. The number of nitriles is 1. The van der Waals surface area contributed by atoms with Crippen molar-refractivity contribution < 1.29 is 0 Å². The molecule has 6 nitrogen and oxygen atoms in total. The molecule has 2 aromatic rings. The van der Waals surface area contributed by atoms with Crippen molar-refractivity contribution in [3.8, 4) is 6.07 Å². The molecule has 108 valence electrons. The van der Waals surface area contributed by atoms with Gasteiger partial charge in [-0.2, -0.15) is 5.26 Å². The van der Waals surface area contributed by atoms with Gasteiger partial charge in [0.25, 0.3) is 0 Å². The fraction of sp³-hybridized carbons (Fsp3) is 0.267. The van der Waals surface area contributed by atoms with Gasteiger partial charge < -0.3 is 21.0 Å². The number of aromatic nitrogens is 2.